The van der Waals surface area contributed by atoms with Crippen LogP contribution in [0.5, 0.6) is 0 Å². The largest absolute Gasteiger partial charge is 0.472 e. The fourth-order valence-corrected chi connectivity index (χ4v) is 9.39. The Hall–Kier alpha value is -2.56. The number of ether oxygens (including phenoxy) is 3. The summed E-state index contributed by atoms with van der Waals surface area (Å²) in [5, 5.41) is 9.81. The maximum Gasteiger partial charge on any atom is 0.472 e. The number of phosphoric acid groups is 1. The first-order valence-electron chi connectivity index (χ1n) is 30.5. The van der Waals surface area contributed by atoms with E-state index in [1.54, 1.807) is 0 Å². The highest BCUT2D eigenvalue weighted by Gasteiger charge is 2.28. The predicted octanol–water partition coefficient (Wildman–Crippen LogP) is 18.1. The molecule has 432 valence electrons. The molecule has 0 aromatic heterocycles. The number of esters is 3. The van der Waals surface area contributed by atoms with Crippen molar-refractivity contribution in [2.45, 2.75) is 303 Å². The van der Waals surface area contributed by atoms with Crippen LogP contribution >= 0.6 is 7.82 Å². The molecule has 0 aromatic rings. The van der Waals surface area contributed by atoms with Gasteiger partial charge in [0, 0.05) is 19.3 Å². The monoisotopic (exact) mass is 1060 g/mol. The van der Waals surface area contributed by atoms with Gasteiger partial charge in [-0.15, -0.1) is 0 Å². The second-order valence-electron chi connectivity index (χ2n) is 20.5. The first-order chi connectivity index (χ1) is 36.2. The molecular weight excluding hydrogens is 952 g/mol. The molecule has 0 radical (unpaired) electrons. The van der Waals surface area contributed by atoms with Crippen molar-refractivity contribution in [2.75, 3.05) is 26.4 Å². The summed E-state index contributed by atoms with van der Waals surface area (Å²) >= 11 is 0. The third kappa shape index (κ3) is 54.2. The second-order valence-corrected chi connectivity index (χ2v) is 21.9. The fraction of sp³-hybridized carbons (Fsp3) is 0.823. The Balaban J connectivity index is 4.70. The highest BCUT2D eigenvalue weighted by Crippen LogP contribution is 2.43. The third-order valence-electron chi connectivity index (χ3n) is 13.2. The molecule has 0 heterocycles. The molecule has 0 fully saturated rings. The standard InChI is InChI=1S/C62H113O11P/c1-4-7-10-13-16-19-22-24-26-28-29-31-33-35-38-41-44-47-50-53-62(66)73-59(55-69-60(64)51-48-45-42-39-37-34-32-30-27-25-23-20-17-14-11-8-5-2)57-71-74(67,68)70-56-58(54-63)72-61(65)52-49-46-43-40-36-21-18-15-12-9-6-3/h8,11,17,20,24-27,58-59,63H,4-7,9-10,12-16,18-19,21-23,28-57H2,1-3H3,(H,67,68)/b11-8-,20-17-,26-24-,27-25-. The lowest BCUT2D eigenvalue weighted by atomic mass is 10.1. The van der Waals surface area contributed by atoms with E-state index in [9.17, 15) is 28.9 Å². The van der Waals surface area contributed by atoms with Gasteiger partial charge >= 0.3 is 25.7 Å². The van der Waals surface area contributed by atoms with Gasteiger partial charge in [-0.3, -0.25) is 23.4 Å². The van der Waals surface area contributed by atoms with E-state index < -0.39 is 57.8 Å². The van der Waals surface area contributed by atoms with Crippen LogP contribution in [-0.4, -0.2) is 66.5 Å². The Morgan fingerprint density at radius 1 is 0.392 bits per heavy atom. The molecule has 3 atom stereocenters. The average Bonchev–Trinajstić information content (AvgIpc) is 3.39. The minimum absolute atomic E-state index is 0.165. The summed E-state index contributed by atoms with van der Waals surface area (Å²) in [6.45, 7) is 4.55. The van der Waals surface area contributed by atoms with Crippen LogP contribution in [0.3, 0.4) is 0 Å². The molecule has 2 N–H and O–H groups in total. The number of aliphatic hydroxyl groups is 1. The number of allylic oxidation sites excluding steroid dienone is 8. The third-order valence-corrected chi connectivity index (χ3v) is 14.2. The SMILES string of the molecule is CC/C=C\C/C=C\C/C=C\CCCCCCCCCC(=O)OCC(COP(=O)(O)OCC(CO)OC(=O)CCCCCCCCCCCCC)OC(=O)CCCCCCCCCCC/C=C\CCCCCCCC. The topological polar surface area (TPSA) is 155 Å². The van der Waals surface area contributed by atoms with Crippen LogP contribution in [0, 0.1) is 0 Å². The van der Waals surface area contributed by atoms with Crippen molar-refractivity contribution in [3.05, 3.63) is 48.6 Å². The zero-order chi connectivity index (χ0) is 54.1. The zero-order valence-corrected chi connectivity index (χ0v) is 48.7. The fourth-order valence-electron chi connectivity index (χ4n) is 8.60. The number of phosphoric ester groups is 1. The van der Waals surface area contributed by atoms with Gasteiger partial charge in [-0.05, 0) is 77.0 Å². The van der Waals surface area contributed by atoms with E-state index >= 15 is 0 Å². The predicted molar refractivity (Wildman–Crippen MR) is 307 cm³/mol. The van der Waals surface area contributed by atoms with Gasteiger partial charge in [0.1, 0.15) is 12.7 Å². The normalized spacial score (nSPS) is 13.6. The number of unbranched alkanes of at least 4 members (excludes halogenated alkanes) is 32. The van der Waals surface area contributed by atoms with E-state index in [2.05, 4.69) is 69.4 Å². The lowest BCUT2D eigenvalue weighted by Gasteiger charge is -2.21. The smallest absolute Gasteiger partial charge is 0.462 e. The van der Waals surface area contributed by atoms with E-state index in [-0.39, 0.29) is 25.9 Å². The van der Waals surface area contributed by atoms with Crippen LogP contribution < -0.4 is 0 Å². The summed E-state index contributed by atoms with van der Waals surface area (Å²) < 4.78 is 39.6. The summed E-state index contributed by atoms with van der Waals surface area (Å²) in [6, 6.07) is 0. The molecule has 0 spiro atoms. The van der Waals surface area contributed by atoms with E-state index in [0.29, 0.717) is 19.3 Å². The molecule has 0 bridgehead atoms. The van der Waals surface area contributed by atoms with Crippen LogP contribution in [0.4, 0.5) is 0 Å². The minimum atomic E-state index is -4.75. The lowest BCUT2D eigenvalue weighted by Crippen LogP contribution is -2.30. The summed E-state index contributed by atoms with van der Waals surface area (Å²) in [6.07, 6.45) is 60.7. The van der Waals surface area contributed by atoms with Crippen molar-refractivity contribution in [2.24, 2.45) is 0 Å². The van der Waals surface area contributed by atoms with Gasteiger partial charge in [0.25, 0.3) is 0 Å². The molecule has 3 unspecified atom stereocenters. The molecule has 0 rings (SSSR count). The first kappa shape index (κ1) is 71.4. The molecule has 0 saturated carbocycles. The molecule has 11 nitrogen and oxygen atoms in total. The first-order valence-corrected chi connectivity index (χ1v) is 32.0. The Morgan fingerprint density at radius 3 is 1.09 bits per heavy atom. The average molecular weight is 1070 g/mol. The van der Waals surface area contributed by atoms with Gasteiger partial charge in [0.15, 0.2) is 6.10 Å². The van der Waals surface area contributed by atoms with E-state index in [1.165, 1.54) is 141 Å². The molecule has 0 aliphatic rings. The second kappa shape index (κ2) is 56.6. The summed E-state index contributed by atoms with van der Waals surface area (Å²) in [4.78, 5) is 48.6. The maximum atomic E-state index is 12.9. The zero-order valence-electron chi connectivity index (χ0n) is 47.8. The number of carbonyl (C=O) groups is 3. The summed E-state index contributed by atoms with van der Waals surface area (Å²) in [5.74, 6) is -1.46. The Bertz CT molecular complexity index is 1430. The van der Waals surface area contributed by atoms with E-state index in [0.717, 1.165) is 89.9 Å². The molecule has 0 amide bonds. The van der Waals surface area contributed by atoms with Crippen molar-refractivity contribution in [3.63, 3.8) is 0 Å². The van der Waals surface area contributed by atoms with Crippen molar-refractivity contribution < 1.29 is 52.2 Å². The summed E-state index contributed by atoms with van der Waals surface area (Å²) in [5.41, 5.74) is 0. The minimum Gasteiger partial charge on any atom is -0.462 e. The van der Waals surface area contributed by atoms with E-state index in [1.807, 2.05) is 0 Å². The lowest BCUT2D eigenvalue weighted by molar-refractivity contribution is -0.161. The van der Waals surface area contributed by atoms with Gasteiger partial charge in [0.05, 0.1) is 19.8 Å². The highest BCUT2D eigenvalue weighted by molar-refractivity contribution is 7.47. The number of rotatable bonds is 57. The van der Waals surface area contributed by atoms with Crippen LogP contribution in [0.25, 0.3) is 0 Å². The number of hydrogen-bond acceptors (Lipinski definition) is 10. The molecule has 74 heavy (non-hydrogen) atoms. The number of aliphatic hydroxyl groups excluding tert-OH is 1. The quantitative estimate of drug-likeness (QED) is 0.0197. The van der Waals surface area contributed by atoms with E-state index in [4.69, 9.17) is 23.3 Å². The van der Waals surface area contributed by atoms with Crippen molar-refractivity contribution in [1.82, 2.24) is 0 Å². The van der Waals surface area contributed by atoms with Gasteiger partial charge in [-0.1, -0.05) is 243 Å². The van der Waals surface area contributed by atoms with Crippen LogP contribution in [0.1, 0.15) is 290 Å². The van der Waals surface area contributed by atoms with Gasteiger partial charge in [-0.2, -0.15) is 0 Å². The summed E-state index contributed by atoms with van der Waals surface area (Å²) in [7, 11) is -4.75. The molecule has 0 aromatic carbocycles. The van der Waals surface area contributed by atoms with Crippen molar-refractivity contribution in [1.29, 1.82) is 0 Å². The highest BCUT2D eigenvalue weighted by atomic mass is 31.2. The Morgan fingerprint density at radius 2 is 0.703 bits per heavy atom. The van der Waals surface area contributed by atoms with Crippen molar-refractivity contribution >= 4 is 25.7 Å². The molecular formula is C62H113O11P. The maximum absolute atomic E-state index is 12.9. The number of hydrogen-bond donors (Lipinski definition) is 2. The number of carbonyl (C=O) groups excluding carboxylic acids is 3. The van der Waals surface area contributed by atoms with Crippen LogP contribution in [-0.2, 0) is 42.2 Å². The van der Waals surface area contributed by atoms with Gasteiger partial charge in [0.2, 0.25) is 0 Å². The molecule has 0 aliphatic heterocycles. The Kier molecular flexibility index (Phi) is 54.7. The van der Waals surface area contributed by atoms with Gasteiger partial charge in [-0.25, -0.2) is 4.57 Å². The van der Waals surface area contributed by atoms with Crippen LogP contribution in [0.15, 0.2) is 48.6 Å². The van der Waals surface area contributed by atoms with Gasteiger partial charge < -0.3 is 24.2 Å². The molecule has 12 heteroatoms. The molecule has 0 saturated heterocycles. The Labute approximate surface area is 453 Å². The molecule has 0 aliphatic carbocycles. The van der Waals surface area contributed by atoms with Crippen molar-refractivity contribution in [3.8, 4) is 0 Å². The van der Waals surface area contributed by atoms with Crippen LogP contribution in [0.2, 0.25) is 0 Å².